The number of nitrogens with one attached hydrogen (secondary N) is 2. The molecule has 0 saturated carbocycles. The molecule has 0 amide bonds. The molecule has 0 radical (unpaired) electrons. The summed E-state index contributed by atoms with van der Waals surface area (Å²) in [7, 11) is 3.84. The molecule has 4 nitrogen and oxygen atoms in total. The minimum absolute atomic E-state index is 0.00349. The Labute approximate surface area is 128 Å². The predicted molar refractivity (Wildman–Crippen MR) is 81.7 cm³/mol. The summed E-state index contributed by atoms with van der Waals surface area (Å²) in [6.07, 6.45) is 2.45. The lowest BCUT2D eigenvalue weighted by atomic mass is 10.1. The number of hydrogen-bond acceptors (Lipinski definition) is 3. The van der Waals surface area contributed by atoms with Crippen LogP contribution in [0.1, 0.15) is 16.7 Å². The maximum absolute atomic E-state index is 14.0. The number of benzene rings is 1. The molecular formula is C16H18F2N4. The number of aromatic nitrogens is 1. The molecule has 22 heavy (non-hydrogen) atoms. The fraction of sp³-hybridized carbons (Fsp3) is 0.250. The van der Waals surface area contributed by atoms with Crippen molar-refractivity contribution in [2.24, 2.45) is 0 Å². The van der Waals surface area contributed by atoms with Crippen molar-refractivity contribution in [2.45, 2.75) is 13.1 Å². The molecule has 0 aliphatic rings. The van der Waals surface area contributed by atoms with Crippen molar-refractivity contribution in [1.29, 1.82) is 5.41 Å². The molecule has 0 aliphatic carbocycles. The second-order valence-corrected chi connectivity index (χ2v) is 5.28. The third-order valence-electron chi connectivity index (χ3n) is 3.07. The molecule has 0 unspecified atom stereocenters. The summed E-state index contributed by atoms with van der Waals surface area (Å²) in [5, 5.41) is 10.6. The first kappa shape index (κ1) is 16.0. The van der Waals surface area contributed by atoms with Gasteiger partial charge in [-0.3, -0.25) is 10.4 Å². The zero-order chi connectivity index (χ0) is 16.1. The van der Waals surface area contributed by atoms with Crippen LogP contribution in [0.15, 0.2) is 36.7 Å². The van der Waals surface area contributed by atoms with Gasteiger partial charge in [0.2, 0.25) is 0 Å². The van der Waals surface area contributed by atoms with E-state index in [0.717, 1.165) is 11.8 Å². The molecule has 6 heteroatoms. The van der Waals surface area contributed by atoms with E-state index in [0.29, 0.717) is 17.7 Å². The third kappa shape index (κ3) is 4.33. The Morgan fingerprint density at radius 2 is 2.00 bits per heavy atom. The zero-order valence-corrected chi connectivity index (χ0v) is 12.5. The average Bonchev–Trinajstić information content (AvgIpc) is 2.45. The van der Waals surface area contributed by atoms with Crippen molar-refractivity contribution in [2.75, 3.05) is 14.1 Å². The van der Waals surface area contributed by atoms with Crippen LogP contribution in [-0.4, -0.2) is 29.8 Å². The molecule has 2 N–H and O–H groups in total. The molecule has 0 atom stereocenters. The summed E-state index contributed by atoms with van der Waals surface area (Å²) >= 11 is 0. The van der Waals surface area contributed by atoms with E-state index < -0.39 is 5.82 Å². The maximum Gasteiger partial charge on any atom is 0.142 e. The van der Waals surface area contributed by atoms with Crippen LogP contribution in [0.2, 0.25) is 0 Å². The topological polar surface area (TPSA) is 52.0 Å². The van der Waals surface area contributed by atoms with Crippen LogP contribution in [0.25, 0.3) is 0 Å². The fourth-order valence-corrected chi connectivity index (χ4v) is 2.03. The zero-order valence-electron chi connectivity index (χ0n) is 12.5. The van der Waals surface area contributed by atoms with Gasteiger partial charge in [0.1, 0.15) is 17.5 Å². The van der Waals surface area contributed by atoms with E-state index in [1.165, 1.54) is 18.3 Å². The molecule has 116 valence electrons. The van der Waals surface area contributed by atoms with Gasteiger partial charge < -0.3 is 10.2 Å². The highest BCUT2D eigenvalue weighted by molar-refractivity contribution is 5.95. The molecule has 1 heterocycles. The molecule has 0 saturated heterocycles. The largest absolute Gasteiger partial charge is 0.366 e. The Morgan fingerprint density at radius 3 is 2.64 bits per heavy atom. The van der Waals surface area contributed by atoms with Gasteiger partial charge >= 0.3 is 0 Å². The lowest BCUT2D eigenvalue weighted by Gasteiger charge is -2.12. The summed E-state index contributed by atoms with van der Waals surface area (Å²) in [5.41, 5.74) is 1.66. The van der Waals surface area contributed by atoms with E-state index in [1.807, 2.05) is 25.1 Å². The van der Waals surface area contributed by atoms with Crippen molar-refractivity contribution >= 4 is 5.84 Å². The van der Waals surface area contributed by atoms with Crippen molar-refractivity contribution in [3.05, 3.63) is 65.0 Å². The third-order valence-corrected chi connectivity index (χ3v) is 3.07. The molecule has 1 aromatic heterocycles. The molecule has 0 fully saturated rings. The quantitative estimate of drug-likeness (QED) is 0.659. The van der Waals surface area contributed by atoms with E-state index in [2.05, 4.69) is 10.3 Å². The van der Waals surface area contributed by atoms with Crippen LogP contribution in [0, 0.1) is 17.0 Å². The van der Waals surface area contributed by atoms with E-state index >= 15 is 0 Å². The molecule has 0 spiro atoms. The van der Waals surface area contributed by atoms with Crippen LogP contribution in [0.5, 0.6) is 0 Å². The summed E-state index contributed by atoms with van der Waals surface area (Å²) < 4.78 is 27.1. The van der Waals surface area contributed by atoms with Crippen molar-refractivity contribution in [1.82, 2.24) is 15.2 Å². The highest BCUT2D eigenvalue weighted by atomic mass is 19.1. The van der Waals surface area contributed by atoms with Gasteiger partial charge in [-0.2, -0.15) is 0 Å². The number of pyridine rings is 1. The van der Waals surface area contributed by atoms with Crippen molar-refractivity contribution < 1.29 is 8.78 Å². The van der Waals surface area contributed by atoms with Gasteiger partial charge in [0.25, 0.3) is 0 Å². The first-order valence-electron chi connectivity index (χ1n) is 6.81. The van der Waals surface area contributed by atoms with E-state index in [4.69, 9.17) is 5.41 Å². The first-order valence-corrected chi connectivity index (χ1v) is 6.81. The highest BCUT2D eigenvalue weighted by Gasteiger charge is 2.07. The Balaban J connectivity index is 2.01. The number of nitrogens with zero attached hydrogens (tertiary/aromatic N) is 2. The number of rotatable bonds is 5. The number of halogens is 2. The van der Waals surface area contributed by atoms with Crippen molar-refractivity contribution in [3.63, 3.8) is 0 Å². The monoisotopic (exact) mass is 304 g/mol. The Kier molecular flexibility index (Phi) is 5.16. The number of hydrogen-bond donors (Lipinski definition) is 2. The van der Waals surface area contributed by atoms with Crippen LogP contribution < -0.4 is 5.32 Å². The Morgan fingerprint density at radius 1 is 1.23 bits per heavy atom. The smallest absolute Gasteiger partial charge is 0.142 e. The highest BCUT2D eigenvalue weighted by Crippen LogP contribution is 2.12. The Hall–Kier alpha value is -2.34. The summed E-state index contributed by atoms with van der Waals surface area (Å²) in [6.45, 7) is 0.818. The summed E-state index contributed by atoms with van der Waals surface area (Å²) in [5.74, 6) is -0.830. The lowest BCUT2D eigenvalue weighted by molar-refractivity contribution is 0.401. The van der Waals surface area contributed by atoms with Gasteiger partial charge in [0.15, 0.2) is 0 Å². The van der Waals surface area contributed by atoms with Crippen LogP contribution in [0.3, 0.4) is 0 Å². The lowest BCUT2D eigenvalue weighted by Crippen LogP contribution is -2.23. The average molecular weight is 304 g/mol. The summed E-state index contributed by atoms with van der Waals surface area (Å²) in [6, 6.07) is 6.25. The van der Waals surface area contributed by atoms with Gasteiger partial charge in [0.05, 0.1) is 6.20 Å². The van der Waals surface area contributed by atoms with Gasteiger partial charge in [-0.05, 0) is 31.8 Å². The molecule has 2 aromatic rings. The normalized spacial score (nSPS) is 10.8. The molecule has 2 rings (SSSR count). The molecule has 0 bridgehead atoms. The van der Waals surface area contributed by atoms with Gasteiger partial charge in [-0.15, -0.1) is 0 Å². The minimum Gasteiger partial charge on any atom is -0.366 e. The molecule has 1 aromatic carbocycles. The number of amidine groups is 1. The fourth-order valence-electron chi connectivity index (χ4n) is 2.03. The van der Waals surface area contributed by atoms with E-state index in [-0.39, 0.29) is 18.2 Å². The van der Waals surface area contributed by atoms with Gasteiger partial charge in [-0.25, -0.2) is 8.78 Å². The van der Waals surface area contributed by atoms with Gasteiger partial charge in [-0.1, -0.05) is 12.1 Å². The second kappa shape index (κ2) is 7.09. The molecular weight excluding hydrogens is 286 g/mol. The van der Waals surface area contributed by atoms with E-state index in [1.54, 1.807) is 6.07 Å². The Bertz CT molecular complexity index is 671. The first-order chi connectivity index (χ1) is 10.5. The second-order valence-electron chi connectivity index (χ2n) is 5.28. The van der Waals surface area contributed by atoms with E-state index in [9.17, 15) is 8.78 Å². The maximum atomic E-state index is 14.0. The summed E-state index contributed by atoms with van der Waals surface area (Å²) in [4.78, 5) is 5.64. The van der Waals surface area contributed by atoms with Crippen LogP contribution in [-0.2, 0) is 13.1 Å². The minimum atomic E-state index is -0.511. The van der Waals surface area contributed by atoms with Crippen molar-refractivity contribution in [3.8, 4) is 0 Å². The standard InChI is InChI=1S/C16H18F2N4/c1-22(2)10-11-3-4-12(15(18)5-11)8-21-16(19)13-6-14(17)9-20-7-13/h3-7,9H,8,10H2,1-2H3,(H2,19,21). The van der Waals surface area contributed by atoms with Crippen LogP contribution >= 0.6 is 0 Å². The SMILES string of the molecule is CN(C)Cc1ccc(CNC(=N)c2cncc(F)c2)c(F)c1. The van der Waals surface area contributed by atoms with Crippen LogP contribution in [0.4, 0.5) is 8.78 Å². The predicted octanol–water partition coefficient (Wildman–Crippen LogP) is 2.54. The molecule has 0 aliphatic heterocycles. The van der Waals surface area contributed by atoms with Gasteiger partial charge in [0, 0.05) is 30.4 Å².